The molecule has 10 heteroatoms. The van der Waals surface area contributed by atoms with E-state index in [1.807, 2.05) is 13.8 Å². The minimum atomic E-state index is -0.286. The minimum Gasteiger partial charge on any atom is -0.506 e. The van der Waals surface area contributed by atoms with Crippen molar-refractivity contribution >= 4 is 23.5 Å². The summed E-state index contributed by atoms with van der Waals surface area (Å²) in [6.45, 7) is 4.64. The molecule has 1 aromatic rings. The van der Waals surface area contributed by atoms with Crippen molar-refractivity contribution < 1.29 is 61.7 Å². The van der Waals surface area contributed by atoms with E-state index in [4.69, 9.17) is 10.6 Å². The quantitative estimate of drug-likeness (QED) is 0.398. The Morgan fingerprint density at radius 2 is 2.08 bits per heavy atom. The van der Waals surface area contributed by atoms with Crippen LogP contribution in [0.4, 0.5) is 5.69 Å². The van der Waals surface area contributed by atoms with Gasteiger partial charge in [0.15, 0.2) is 0 Å². The molecule has 0 unspecified atom stereocenters. The standard InChI is InChI=1S/C15H20N4O3.CH4.H2O.Pd.W/c1-3-5-19(22-4-2)15(21)10-6-12-13(18-14(16)7-10)8-11(20)9-17-12;;;;/h6,8-9H,3-5,7H2,1-2H3,(H3,16,18,20,21);1H4;1H2;;/p-1. The van der Waals surface area contributed by atoms with Crippen LogP contribution in [0.15, 0.2) is 22.8 Å². The number of hydrogen-bond acceptors (Lipinski definition) is 5. The van der Waals surface area contributed by atoms with Crippen LogP contribution >= 0.6 is 0 Å². The maximum absolute atomic E-state index is 12.6. The van der Waals surface area contributed by atoms with Gasteiger partial charge < -0.3 is 21.3 Å². The summed E-state index contributed by atoms with van der Waals surface area (Å²) >= 11 is 0. The molecule has 1 amide bonds. The molecule has 2 heterocycles. The third kappa shape index (κ3) is 7.65. The zero-order valence-electron chi connectivity index (χ0n) is 13.9. The van der Waals surface area contributed by atoms with Gasteiger partial charge in [0.1, 0.15) is 5.75 Å². The first-order valence-electron chi connectivity index (χ1n) is 7.18. The molecule has 0 fully saturated rings. The Balaban J connectivity index is -0.00000132. The van der Waals surface area contributed by atoms with Crippen molar-refractivity contribution in [1.29, 1.82) is 0 Å². The second-order valence-corrected chi connectivity index (χ2v) is 4.83. The van der Waals surface area contributed by atoms with Crippen molar-refractivity contribution in [3.05, 3.63) is 29.3 Å². The summed E-state index contributed by atoms with van der Waals surface area (Å²) < 4.78 is 0. The summed E-state index contributed by atoms with van der Waals surface area (Å²) in [6, 6.07) is 1.42. The van der Waals surface area contributed by atoms with Gasteiger partial charge in [-0.2, -0.15) is 0 Å². The number of hydroxylamine groups is 2. The van der Waals surface area contributed by atoms with Crippen molar-refractivity contribution in [2.24, 2.45) is 4.99 Å². The molecule has 1 aliphatic rings. The third-order valence-electron chi connectivity index (χ3n) is 3.02. The molecule has 4 N–H and O–H groups in total. The third-order valence-corrected chi connectivity index (χ3v) is 3.02. The van der Waals surface area contributed by atoms with Gasteiger partial charge in [-0.25, -0.2) is 5.06 Å². The van der Waals surface area contributed by atoms with E-state index in [0.29, 0.717) is 30.1 Å². The van der Waals surface area contributed by atoms with Gasteiger partial charge in [-0.15, -0.1) is 0 Å². The molecular weight excluding hydrogens is 602 g/mol. The van der Waals surface area contributed by atoms with Crippen LogP contribution in [0, 0.1) is 0 Å². The second kappa shape index (κ2) is 14.0. The number of aromatic nitrogens is 1. The van der Waals surface area contributed by atoms with Crippen molar-refractivity contribution in [1.82, 2.24) is 10.0 Å². The predicted molar refractivity (Wildman–Crippen MR) is 93.9 cm³/mol. The first-order chi connectivity index (χ1) is 10.5. The van der Waals surface area contributed by atoms with E-state index in [0.717, 1.165) is 6.42 Å². The average Bonchev–Trinajstić information content (AvgIpc) is 2.64. The summed E-state index contributed by atoms with van der Waals surface area (Å²) in [6.07, 6.45) is 3.75. The first kappa shape index (κ1) is 29.7. The smallest absolute Gasteiger partial charge is 0.273 e. The van der Waals surface area contributed by atoms with Gasteiger partial charge in [-0.05, 0) is 37.6 Å². The molecule has 0 aromatic carbocycles. The predicted octanol–water partition coefficient (Wildman–Crippen LogP) is 2.65. The van der Waals surface area contributed by atoms with Gasteiger partial charge in [-0.1, -0.05) is 20.2 Å². The van der Waals surface area contributed by atoms with Crippen LogP contribution in [-0.4, -0.2) is 45.5 Å². The Labute approximate surface area is 182 Å². The Morgan fingerprint density at radius 1 is 1.42 bits per heavy atom. The maximum Gasteiger partial charge on any atom is 0.273 e. The van der Waals surface area contributed by atoms with E-state index >= 15 is 0 Å². The fraction of sp³-hybridized carbons (Fsp3) is 0.438. The number of nitrogens with one attached hydrogen (secondary N) is 1. The van der Waals surface area contributed by atoms with E-state index in [2.05, 4.69) is 9.98 Å². The molecule has 2 rings (SSSR count). The first-order valence-corrected chi connectivity index (χ1v) is 7.18. The number of amides is 1. The second-order valence-electron chi connectivity index (χ2n) is 4.83. The molecule has 0 bridgehead atoms. The zero-order chi connectivity index (χ0) is 16.1. The van der Waals surface area contributed by atoms with Crippen LogP contribution in [0.2, 0.25) is 0 Å². The largest absolute Gasteiger partial charge is 0.506 e. The van der Waals surface area contributed by atoms with Crippen molar-refractivity contribution in [2.45, 2.75) is 34.1 Å². The number of rotatable bonds is 5. The van der Waals surface area contributed by atoms with E-state index in [9.17, 15) is 9.90 Å². The van der Waals surface area contributed by atoms with Crippen LogP contribution in [0.25, 0.3) is 11.8 Å². The Kier molecular flexibility index (Phi) is 16.0. The topological polar surface area (TPSA) is 130 Å². The normalized spacial score (nSPS) is 11.6. The molecule has 8 nitrogen and oxygen atoms in total. The number of fused-ring (bicyclic) bond motifs is 1. The van der Waals surface area contributed by atoms with Crippen LogP contribution in [0.3, 0.4) is 0 Å². The van der Waals surface area contributed by atoms with Crippen LogP contribution < -0.4 is 0 Å². The molecule has 0 radical (unpaired) electrons. The molecule has 1 aliphatic heterocycles. The minimum absolute atomic E-state index is 0. The van der Waals surface area contributed by atoms with Gasteiger partial charge >= 0.3 is 0 Å². The number of pyridine rings is 1. The monoisotopic (exact) mass is 627 g/mol. The molecule has 0 saturated heterocycles. The maximum atomic E-state index is 12.6. The number of hydrogen-bond donors (Lipinski definition) is 1. The molecule has 0 aliphatic carbocycles. The zero-order valence-corrected chi connectivity index (χ0v) is 18.4. The van der Waals surface area contributed by atoms with E-state index in [-0.39, 0.29) is 78.3 Å². The van der Waals surface area contributed by atoms with Crippen molar-refractivity contribution in [3.8, 4) is 5.75 Å². The fourth-order valence-corrected chi connectivity index (χ4v) is 2.12. The van der Waals surface area contributed by atoms with Gasteiger partial charge in [-0.3, -0.25) is 14.6 Å². The number of aliphatic imine (C=N–C) groups is 1. The number of amidine groups is 1. The summed E-state index contributed by atoms with van der Waals surface area (Å²) in [5.74, 6) is -0.273. The molecule has 1 aromatic heterocycles. The number of nitrogens with zero attached hydrogens (tertiary/aromatic N) is 3. The summed E-state index contributed by atoms with van der Waals surface area (Å²) in [4.78, 5) is 26.1. The number of aromatic hydroxyl groups is 1. The Hall–Kier alpha value is -1.10. The van der Waals surface area contributed by atoms with E-state index < -0.39 is 0 Å². The molecule has 26 heavy (non-hydrogen) atoms. The van der Waals surface area contributed by atoms with E-state index in [1.54, 1.807) is 6.08 Å². The Morgan fingerprint density at radius 3 is 2.65 bits per heavy atom. The summed E-state index contributed by atoms with van der Waals surface area (Å²) in [5, 5.41) is 10.8. The SMILES string of the molecule is C.CCCN(OCC)C(=O)C1=Cc2ncc(O)cc2N=C([NH-])C1.O.[Pd].[W]. The van der Waals surface area contributed by atoms with Crippen LogP contribution in [0.5, 0.6) is 5.75 Å². The van der Waals surface area contributed by atoms with Crippen LogP contribution in [0.1, 0.15) is 39.8 Å². The van der Waals surface area contributed by atoms with E-state index in [1.165, 1.54) is 17.3 Å². The van der Waals surface area contributed by atoms with Crippen molar-refractivity contribution in [2.75, 3.05) is 13.2 Å². The average molecular weight is 628 g/mol. The Bertz CT molecular complexity index is 635. The van der Waals surface area contributed by atoms with Gasteiger partial charge in [0.2, 0.25) is 0 Å². The molecular formula is C16H25N4O4PdW-. The van der Waals surface area contributed by atoms with Crippen LogP contribution in [-0.2, 0) is 51.1 Å². The number of carbonyl (C=O) groups excluding carboxylic acids is 1. The van der Waals surface area contributed by atoms with Gasteiger partial charge in [0, 0.05) is 53.6 Å². The number of carbonyl (C=O) groups is 1. The molecule has 0 atom stereocenters. The van der Waals surface area contributed by atoms with Gasteiger partial charge in [0.05, 0.1) is 18.5 Å². The summed E-state index contributed by atoms with van der Waals surface area (Å²) in [7, 11) is 0. The fourth-order valence-electron chi connectivity index (χ4n) is 2.12. The molecule has 0 spiro atoms. The summed E-state index contributed by atoms with van der Waals surface area (Å²) in [5.41, 5.74) is 9.10. The molecule has 0 saturated carbocycles. The van der Waals surface area contributed by atoms with Gasteiger partial charge in [0.25, 0.3) is 5.91 Å². The molecule has 150 valence electrons. The van der Waals surface area contributed by atoms with Crippen molar-refractivity contribution in [3.63, 3.8) is 0 Å².